The summed E-state index contributed by atoms with van der Waals surface area (Å²) in [5.74, 6) is 0.867. The van der Waals surface area contributed by atoms with Crippen LogP contribution in [0.3, 0.4) is 0 Å². The molecule has 5 nitrogen and oxygen atoms in total. The molecule has 0 spiro atoms. The molecule has 2 atom stereocenters. The van der Waals surface area contributed by atoms with E-state index in [1.54, 1.807) is 0 Å². The zero-order valence-corrected chi connectivity index (χ0v) is 19.5. The molecule has 1 fully saturated rings. The lowest BCUT2D eigenvalue weighted by Gasteiger charge is -2.29. The average molecular weight is 455 g/mol. The standard InChI is InChI=1S/C27H26N4OS/c1-3-32-22-14-12-20(13-15-22)30-17-7-11-24(30)26-25(23-10-4-5-16-28-23)29-27(33)31(26)21-9-6-8-19(2)18-21/h4-18,25-26H,3H2,1-2H3,(H,29,33). The molecule has 2 aromatic carbocycles. The van der Waals surface area contributed by atoms with Gasteiger partial charge in [0.1, 0.15) is 11.8 Å². The fraction of sp³-hybridized carbons (Fsp3) is 0.185. The average Bonchev–Trinajstić information content (AvgIpc) is 3.44. The number of aryl methyl sites for hydroxylation is 1. The van der Waals surface area contributed by atoms with Crippen LogP contribution in [0.1, 0.15) is 36.0 Å². The second kappa shape index (κ2) is 9.08. The number of aromatic nitrogens is 2. The SMILES string of the molecule is CCOc1ccc(-n2cccc2C2C(c3ccccn3)NC(=S)N2c2cccc(C)c2)cc1. The summed E-state index contributed by atoms with van der Waals surface area (Å²) in [6.07, 6.45) is 3.92. The molecule has 166 valence electrons. The topological polar surface area (TPSA) is 42.3 Å². The predicted octanol–water partition coefficient (Wildman–Crippen LogP) is 5.76. The molecule has 33 heavy (non-hydrogen) atoms. The molecule has 1 aliphatic rings. The molecule has 0 amide bonds. The molecule has 3 heterocycles. The van der Waals surface area contributed by atoms with Crippen molar-refractivity contribution >= 4 is 23.0 Å². The molecule has 5 rings (SSSR count). The van der Waals surface area contributed by atoms with Gasteiger partial charge in [-0.15, -0.1) is 0 Å². The molecule has 0 radical (unpaired) electrons. The largest absolute Gasteiger partial charge is 0.494 e. The number of hydrogen-bond donors (Lipinski definition) is 1. The number of ether oxygens (including phenoxy) is 1. The normalized spacial score (nSPS) is 17.8. The zero-order chi connectivity index (χ0) is 22.8. The van der Waals surface area contributed by atoms with Gasteiger partial charge in [0, 0.05) is 29.5 Å². The Kier molecular flexibility index (Phi) is 5.84. The fourth-order valence-electron chi connectivity index (χ4n) is 4.45. The van der Waals surface area contributed by atoms with Gasteiger partial charge in [-0.05, 0) is 92.3 Å². The summed E-state index contributed by atoms with van der Waals surface area (Å²) < 4.78 is 7.85. The summed E-state index contributed by atoms with van der Waals surface area (Å²) >= 11 is 5.86. The van der Waals surface area contributed by atoms with Crippen LogP contribution < -0.4 is 15.0 Å². The van der Waals surface area contributed by atoms with Gasteiger partial charge in [0.15, 0.2) is 5.11 Å². The number of pyridine rings is 1. The number of benzene rings is 2. The Balaban J connectivity index is 1.62. The molecule has 2 unspecified atom stereocenters. The summed E-state index contributed by atoms with van der Waals surface area (Å²) in [5, 5.41) is 4.24. The van der Waals surface area contributed by atoms with E-state index in [9.17, 15) is 0 Å². The van der Waals surface area contributed by atoms with Crippen molar-refractivity contribution in [3.05, 3.63) is 108 Å². The van der Waals surface area contributed by atoms with Gasteiger partial charge in [-0.1, -0.05) is 18.2 Å². The first kappa shape index (κ1) is 21.2. The summed E-state index contributed by atoms with van der Waals surface area (Å²) in [7, 11) is 0. The molecule has 1 N–H and O–H groups in total. The highest BCUT2D eigenvalue weighted by molar-refractivity contribution is 7.80. The second-order valence-electron chi connectivity index (χ2n) is 8.07. The number of thiocarbonyl (C=S) groups is 1. The van der Waals surface area contributed by atoms with E-state index in [-0.39, 0.29) is 12.1 Å². The Labute approximate surface area is 199 Å². The number of hydrogen-bond acceptors (Lipinski definition) is 3. The maximum atomic E-state index is 5.86. The van der Waals surface area contributed by atoms with Gasteiger partial charge >= 0.3 is 0 Å². The molecule has 1 aliphatic heterocycles. The van der Waals surface area contributed by atoms with E-state index in [4.69, 9.17) is 17.0 Å². The number of anilines is 1. The van der Waals surface area contributed by atoms with Gasteiger partial charge < -0.3 is 19.5 Å². The van der Waals surface area contributed by atoms with Crippen molar-refractivity contribution in [1.82, 2.24) is 14.9 Å². The first-order valence-electron chi connectivity index (χ1n) is 11.1. The number of nitrogens with one attached hydrogen (secondary N) is 1. The monoisotopic (exact) mass is 454 g/mol. The van der Waals surface area contributed by atoms with E-state index in [2.05, 4.69) is 87.5 Å². The van der Waals surface area contributed by atoms with Crippen molar-refractivity contribution < 1.29 is 4.74 Å². The van der Waals surface area contributed by atoms with E-state index in [0.717, 1.165) is 28.5 Å². The van der Waals surface area contributed by atoms with Crippen LogP contribution in [0.25, 0.3) is 5.69 Å². The smallest absolute Gasteiger partial charge is 0.174 e. The molecule has 2 aromatic heterocycles. The Bertz CT molecular complexity index is 1250. The first-order chi connectivity index (χ1) is 16.2. The summed E-state index contributed by atoms with van der Waals surface area (Å²) in [5.41, 5.74) is 5.41. The molecular formula is C27H26N4OS. The van der Waals surface area contributed by atoms with E-state index < -0.39 is 0 Å². The minimum Gasteiger partial charge on any atom is -0.494 e. The molecule has 0 aliphatic carbocycles. The van der Waals surface area contributed by atoms with Crippen LogP contribution in [0.5, 0.6) is 5.75 Å². The molecule has 1 saturated heterocycles. The lowest BCUT2D eigenvalue weighted by atomic mass is 10.0. The first-order valence-corrected chi connectivity index (χ1v) is 11.5. The minimum absolute atomic E-state index is 0.0734. The van der Waals surface area contributed by atoms with Crippen molar-refractivity contribution in [2.75, 3.05) is 11.5 Å². The Morgan fingerprint density at radius 3 is 2.55 bits per heavy atom. The molecule has 0 saturated carbocycles. The van der Waals surface area contributed by atoms with Crippen LogP contribution in [0.4, 0.5) is 5.69 Å². The summed E-state index contributed by atoms with van der Waals surface area (Å²) in [6.45, 7) is 4.74. The number of nitrogens with zero attached hydrogens (tertiary/aromatic N) is 3. The Morgan fingerprint density at radius 2 is 1.82 bits per heavy atom. The van der Waals surface area contributed by atoms with Crippen LogP contribution in [0.15, 0.2) is 91.3 Å². The van der Waals surface area contributed by atoms with Crippen molar-refractivity contribution in [2.45, 2.75) is 25.9 Å². The van der Waals surface area contributed by atoms with E-state index in [1.807, 2.05) is 37.4 Å². The maximum Gasteiger partial charge on any atom is 0.174 e. The zero-order valence-electron chi connectivity index (χ0n) is 18.7. The highest BCUT2D eigenvalue weighted by atomic mass is 32.1. The van der Waals surface area contributed by atoms with Crippen LogP contribution in [0, 0.1) is 6.92 Å². The van der Waals surface area contributed by atoms with E-state index in [1.165, 1.54) is 5.56 Å². The van der Waals surface area contributed by atoms with Crippen LogP contribution in [0.2, 0.25) is 0 Å². The third-order valence-electron chi connectivity index (χ3n) is 5.89. The van der Waals surface area contributed by atoms with Crippen molar-refractivity contribution in [3.63, 3.8) is 0 Å². The third-order valence-corrected chi connectivity index (χ3v) is 6.20. The molecule has 6 heteroatoms. The van der Waals surface area contributed by atoms with Crippen molar-refractivity contribution in [2.24, 2.45) is 0 Å². The Morgan fingerprint density at radius 1 is 0.970 bits per heavy atom. The fourth-order valence-corrected chi connectivity index (χ4v) is 4.80. The number of rotatable bonds is 6. The van der Waals surface area contributed by atoms with Gasteiger partial charge in [0.05, 0.1) is 18.3 Å². The molecule has 4 aromatic rings. The van der Waals surface area contributed by atoms with Crippen LogP contribution in [-0.4, -0.2) is 21.3 Å². The highest BCUT2D eigenvalue weighted by Crippen LogP contribution is 2.42. The lowest BCUT2D eigenvalue weighted by Crippen LogP contribution is -2.30. The highest BCUT2D eigenvalue weighted by Gasteiger charge is 2.42. The minimum atomic E-state index is -0.0874. The van der Waals surface area contributed by atoms with Crippen LogP contribution >= 0.6 is 12.2 Å². The maximum absolute atomic E-state index is 5.86. The molecule has 0 bridgehead atoms. The van der Waals surface area contributed by atoms with Crippen molar-refractivity contribution in [1.29, 1.82) is 0 Å². The van der Waals surface area contributed by atoms with E-state index >= 15 is 0 Å². The van der Waals surface area contributed by atoms with Gasteiger partial charge in [-0.25, -0.2) is 0 Å². The summed E-state index contributed by atoms with van der Waals surface area (Å²) in [6, 6.07) is 26.7. The van der Waals surface area contributed by atoms with Crippen LogP contribution in [-0.2, 0) is 0 Å². The third kappa shape index (κ3) is 4.10. The van der Waals surface area contributed by atoms with Gasteiger partial charge in [0.2, 0.25) is 0 Å². The molecular weight excluding hydrogens is 428 g/mol. The second-order valence-corrected chi connectivity index (χ2v) is 8.45. The quantitative estimate of drug-likeness (QED) is 0.376. The van der Waals surface area contributed by atoms with Gasteiger partial charge in [-0.2, -0.15) is 0 Å². The lowest BCUT2D eigenvalue weighted by molar-refractivity contribution is 0.340. The summed E-state index contributed by atoms with van der Waals surface area (Å²) in [4.78, 5) is 6.87. The van der Waals surface area contributed by atoms with Crippen molar-refractivity contribution in [3.8, 4) is 11.4 Å². The Hall–Kier alpha value is -3.64. The van der Waals surface area contributed by atoms with Gasteiger partial charge in [0.25, 0.3) is 0 Å². The van der Waals surface area contributed by atoms with E-state index in [0.29, 0.717) is 11.7 Å². The predicted molar refractivity (Wildman–Crippen MR) is 136 cm³/mol. The van der Waals surface area contributed by atoms with Gasteiger partial charge in [-0.3, -0.25) is 4.98 Å².